The monoisotopic (exact) mass is 440 g/mol. The third kappa shape index (κ3) is 5.97. The molecule has 3 aromatic rings. The summed E-state index contributed by atoms with van der Waals surface area (Å²) in [6.07, 6.45) is 3.24. The number of ether oxygens (including phenoxy) is 1. The van der Waals surface area contributed by atoms with Crippen molar-refractivity contribution in [1.82, 2.24) is 30.2 Å². The Hall–Kier alpha value is -3.14. The molecule has 0 aliphatic heterocycles. The van der Waals surface area contributed by atoms with Gasteiger partial charge in [0.15, 0.2) is 5.76 Å². The molecule has 10 nitrogen and oxygen atoms in total. The number of hydrogen-bond acceptors (Lipinski definition) is 9. The van der Waals surface area contributed by atoms with Crippen molar-refractivity contribution in [3.05, 3.63) is 35.3 Å². The maximum absolute atomic E-state index is 5.95. The van der Waals surface area contributed by atoms with E-state index in [0.717, 1.165) is 49.0 Å². The molecule has 32 heavy (non-hydrogen) atoms. The number of rotatable bonds is 13. The summed E-state index contributed by atoms with van der Waals surface area (Å²) in [6, 6.07) is 5.77. The lowest BCUT2D eigenvalue weighted by atomic mass is 10.3. The van der Waals surface area contributed by atoms with Crippen LogP contribution in [0.5, 0.6) is 5.88 Å². The van der Waals surface area contributed by atoms with Crippen molar-refractivity contribution in [3.8, 4) is 5.88 Å². The molecule has 0 unspecified atom stereocenters. The SMILES string of the molecule is CCc1cc(CNc2nc(Nc3cc(C4CC4)n[nH]3)cc(OCCN(CC)CC)n2)on1. The van der Waals surface area contributed by atoms with Crippen molar-refractivity contribution in [3.63, 3.8) is 0 Å². The van der Waals surface area contributed by atoms with Gasteiger partial charge in [-0.1, -0.05) is 25.9 Å². The Morgan fingerprint density at radius 1 is 1.16 bits per heavy atom. The van der Waals surface area contributed by atoms with Gasteiger partial charge in [0.25, 0.3) is 0 Å². The largest absolute Gasteiger partial charge is 0.476 e. The Morgan fingerprint density at radius 3 is 2.72 bits per heavy atom. The van der Waals surface area contributed by atoms with Gasteiger partial charge in [-0.2, -0.15) is 15.1 Å². The van der Waals surface area contributed by atoms with Crippen LogP contribution >= 0.6 is 0 Å². The van der Waals surface area contributed by atoms with Gasteiger partial charge in [-0.25, -0.2) is 0 Å². The molecule has 4 rings (SSSR count). The lowest BCUT2D eigenvalue weighted by Crippen LogP contribution is -2.28. The second kappa shape index (κ2) is 10.4. The van der Waals surface area contributed by atoms with Crippen LogP contribution in [0, 0.1) is 0 Å². The fourth-order valence-corrected chi connectivity index (χ4v) is 3.36. The molecule has 1 saturated carbocycles. The van der Waals surface area contributed by atoms with Gasteiger partial charge in [-0.3, -0.25) is 5.10 Å². The molecule has 0 saturated heterocycles. The van der Waals surface area contributed by atoms with Crippen LogP contribution in [0.4, 0.5) is 17.6 Å². The standard InChI is InChI=1S/C22H32N8O2/c1-4-16-11-17(32-29-16)14-23-22-25-19(24-20-12-18(27-28-20)15-7-8-15)13-21(26-22)31-10-9-30(5-2)6-3/h11-13,15H,4-10,14H2,1-3H3,(H3,23,24,25,26,27,28). The maximum atomic E-state index is 5.95. The van der Waals surface area contributed by atoms with E-state index in [-0.39, 0.29) is 0 Å². The number of aromatic nitrogens is 5. The van der Waals surface area contributed by atoms with Crippen LogP contribution < -0.4 is 15.4 Å². The van der Waals surface area contributed by atoms with Gasteiger partial charge in [0, 0.05) is 30.7 Å². The van der Waals surface area contributed by atoms with Gasteiger partial charge in [0.05, 0.1) is 17.9 Å². The molecular formula is C22H32N8O2. The number of nitrogens with zero attached hydrogens (tertiary/aromatic N) is 5. The van der Waals surface area contributed by atoms with E-state index in [1.165, 1.54) is 12.8 Å². The predicted molar refractivity (Wildman–Crippen MR) is 122 cm³/mol. The molecule has 1 aliphatic carbocycles. The van der Waals surface area contributed by atoms with E-state index in [9.17, 15) is 0 Å². The summed E-state index contributed by atoms with van der Waals surface area (Å²) >= 11 is 0. The Morgan fingerprint density at radius 2 is 2.00 bits per heavy atom. The Bertz CT molecular complexity index is 993. The third-order valence-electron chi connectivity index (χ3n) is 5.50. The minimum absolute atomic E-state index is 0.436. The molecule has 172 valence electrons. The number of likely N-dealkylation sites (N-methyl/N-ethyl adjacent to an activating group) is 1. The summed E-state index contributed by atoms with van der Waals surface area (Å²) in [6.45, 7) is 10.1. The minimum atomic E-state index is 0.436. The zero-order valence-electron chi connectivity index (χ0n) is 19.0. The van der Waals surface area contributed by atoms with Gasteiger partial charge < -0.3 is 24.8 Å². The maximum Gasteiger partial charge on any atom is 0.228 e. The van der Waals surface area contributed by atoms with Crippen molar-refractivity contribution in [2.24, 2.45) is 0 Å². The summed E-state index contributed by atoms with van der Waals surface area (Å²) in [5.41, 5.74) is 2.01. The molecule has 0 atom stereocenters. The highest BCUT2D eigenvalue weighted by Crippen LogP contribution is 2.39. The third-order valence-corrected chi connectivity index (χ3v) is 5.50. The highest BCUT2D eigenvalue weighted by atomic mass is 16.5. The molecule has 0 amide bonds. The highest BCUT2D eigenvalue weighted by Gasteiger charge is 2.26. The van der Waals surface area contributed by atoms with Gasteiger partial charge in [0.2, 0.25) is 11.8 Å². The van der Waals surface area contributed by atoms with Crippen molar-refractivity contribution >= 4 is 17.6 Å². The van der Waals surface area contributed by atoms with Gasteiger partial charge in [-0.05, 0) is 32.4 Å². The molecule has 3 heterocycles. The average molecular weight is 441 g/mol. The number of aryl methyl sites for hydroxylation is 1. The van der Waals surface area contributed by atoms with E-state index in [4.69, 9.17) is 9.26 Å². The normalized spacial score (nSPS) is 13.5. The van der Waals surface area contributed by atoms with Crippen LogP contribution in [0.3, 0.4) is 0 Å². The fraction of sp³-hybridized carbons (Fsp3) is 0.545. The molecule has 0 radical (unpaired) electrons. The van der Waals surface area contributed by atoms with Crippen molar-refractivity contribution in [2.45, 2.75) is 52.5 Å². The molecule has 0 aromatic carbocycles. The molecule has 0 spiro atoms. The summed E-state index contributed by atoms with van der Waals surface area (Å²) in [4.78, 5) is 11.4. The lowest BCUT2D eigenvalue weighted by molar-refractivity contribution is 0.218. The minimum Gasteiger partial charge on any atom is -0.476 e. The van der Waals surface area contributed by atoms with Crippen LogP contribution in [-0.4, -0.2) is 56.5 Å². The van der Waals surface area contributed by atoms with Crippen LogP contribution in [0.1, 0.15) is 56.7 Å². The van der Waals surface area contributed by atoms with Crippen molar-refractivity contribution < 1.29 is 9.26 Å². The van der Waals surface area contributed by atoms with Crippen LogP contribution in [0.25, 0.3) is 0 Å². The summed E-state index contributed by atoms with van der Waals surface area (Å²) in [5, 5.41) is 17.9. The Kier molecular flexibility index (Phi) is 7.21. The molecule has 3 N–H and O–H groups in total. The van der Waals surface area contributed by atoms with E-state index in [2.05, 4.69) is 54.7 Å². The number of anilines is 3. The number of H-pyrrole nitrogens is 1. The van der Waals surface area contributed by atoms with E-state index < -0.39 is 0 Å². The van der Waals surface area contributed by atoms with E-state index in [0.29, 0.717) is 36.7 Å². The predicted octanol–water partition coefficient (Wildman–Crippen LogP) is 3.70. The van der Waals surface area contributed by atoms with E-state index in [1.54, 1.807) is 6.07 Å². The fourth-order valence-electron chi connectivity index (χ4n) is 3.36. The second-order valence-corrected chi connectivity index (χ2v) is 7.89. The van der Waals surface area contributed by atoms with Crippen LogP contribution in [0.15, 0.2) is 22.7 Å². The molecular weight excluding hydrogens is 408 g/mol. The average Bonchev–Trinajstić information content (AvgIpc) is 3.37. The van der Waals surface area contributed by atoms with E-state index >= 15 is 0 Å². The van der Waals surface area contributed by atoms with Crippen molar-refractivity contribution in [1.29, 1.82) is 0 Å². The van der Waals surface area contributed by atoms with Gasteiger partial charge >= 0.3 is 0 Å². The first-order valence-electron chi connectivity index (χ1n) is 11.4. The summed E-state index contributed by atoms with van der Waals surface area (Å²) < 4.78 is 11.3. The number of hydrogen-bond donors (Lipinski definition) is 3. The van der Waals surface area contributed by atoms with Crippen molar-refractivity contribution in [2.75, 3.05) is 36.9 Å². The lowest BCUT2D eigenvalue weighted by Gasteiger charge is -2.18. The Balaban J connectivity index is 1.45. The number of nitrogens with one attached hydrogen (secondary N) is 3. The second-order valence-electron chi connectivity index (χ2n) is 7.89. The van der Waals surface area contributed by atoms with Gasteiger partial charge in [0.1, 0.15) is 18.2 Å². The van der Waals surface area contributed by atoms with Crippen LogP contribution in [0.2, 0.25) is 0 Å². The summed E-state index contributed by atoms with van der Waals surface area (Å²) in [5.74, 6) is 3.69. The Labute approximate surface area is 188 Å². The topological polar surface area (TPSA) is 117 Å². The quantitative estimate of drug-likeness (QED) is 0.366. The molecule has 0 bridgehead atoms. The first-order valence-corrected chi connectivity index (χ1v) is 11.4. The summed E-state index contributed by atoms with van der Waals surface area (Å²) in [7, 11) is 0. The first kappa shape index (κ1) is 22.1. The van der Waals surface area contributed by atoms with Gasteiger partial charge in [-0.15, -0.1) is 0 Å². The molecule has 3 aromatic heterocycles. The molecule has 10 heteroatoms. The molecule has 1 fully saturated rings. The molecule has 1 aliphatic rings. The zero-order chi connectivity index (χ0) is 22.3. The van der Waals surface area contributed by atoms with E-state index in [1.807, 2.05) is 19.1 Å². The smallest absolute Gasteiger partial charge is 0.228 e. The first-order chi connectivity index (χ1) is 15.7. The zero-order valence-corrected chi connectivity index (χ0v) is 19.0. The van der Waals surface area contributed by atoms with Crippen LogP contribution in [-0.2, 0) is 13.0 Å². The number of aromatic amines is 1. The highest BCUT2D eigenvalue weighted by molar-refractivity contribution is 5.55.